The number of sulfonamides is 1. The Bertz CT molecular complexity index is 460. The summed E-state index contributed by atoms with van der Waals surface area (Å²) in [6, 6.07) is 6.93. The molecule has 0 saturated carbocycles. The van der Waals surface area contributed by atoms with Crippen molar-refractivity contribution in [2.75, 3.05) is 11.0 Å². The Morgan fingerprint density at radius 2 is 1.81 bits per heavy atom. The van der Waals surface area contributed by atoms with Gasteiger partial charge in [-0.3, -0.25) is 4.72 Å². The first-order valence-corrected chi connectivity index (χ1v) is 6.83. The van der Waals surface area contributed by atoms with Crippen LogP contribution in [-0.2, 0) is 21.6 Å². The third-order valence-corrected chi connectivity index (χ3v) is 2.52. The Hall–Kier alpha value is -1.07. The fraction of sp³-hybridized carbons (Fsp3) is 0.455. The summed E-state index contributed by atoms with van der Waals surface area (Å²) in [5.74, 6) is 0. The van der Waals surface area contributed by atoms with E-state index in [0.717, 1.165) is 6.26 Å². The van der Waals surface area contributed by atoms with Gasteiger partial charge >= 0.3 is 0 Å². The lowest BCUT2D eigenvalue weighted by atomic mass is 9.98. The van der Waals surface area contributed by atoms with Gasteiger partial charge in [0.05, 0.1) is 11.9 Å². The van der Waals surface area contributed by atoms with Gasteiger partial charge in [-0.1, -0.05) is 18.2 Å². The first-order chi connectivity index (χ1) is 7.17. The summed E-state index contributed by atoms with van der Waals surface area (Å²) in [4.78, 5) is 0. The minimum Gasteiger partial charge on any atom is -0.284 e. The average molecular weight is 242 g/mol. The van der Waals surface area contributed by atoms with Gasteiger partial charge < -0.3 is 0 Å². The molecule has 0 saturated heterocycles. The molecule has 89 valence electrons. The number of para-hydroxylation sites is 1. The van der Waals surface area contributed by atoms with E-state index in [9.17, 15) is 13.5 Å². The Morgan fingerprint density at radius 3 is 2.31 bits per heavy atom. The first kappa shape index (κ1) is 13.0. The molecule has 0 spiro atoms. The second kappa shape index (κ2) is 4.43. The summed E-state index contributed by atoms with van der Waals surface area (Å²) in [6.45, 7) is 3.15. The lowest BCUT2D eigenvalue weighted by Gasteiger charge is -2.17. The summed E-state index contributed by atoms with van der Waals surface area (Å²) in [6.07, 6.45) is 1.37. The van der Waals surface area contributed by atoms with Gasteiger partial charge in [-0.2, -0.15) is 0 Å². The maximum absolute atomic E-state index is 11.6. The molecule has 1 rings (SSSR count). The molecule has 16 heavy (non-hydrogen) atoms. The van der Waals surface area contributed by atoms with Crippen LogP contribution in [0.1, 0.15) is 19.4 Å². The number of anilines is 1. The first-order valence-electron chi connectivity index (χ1n) is 4.93. The van der Waals surface area contributed by atoms with E-state index in [1.54, 1.807) is 38.1 Å². The van der Waals surface area contributed by atoms with E-state index in [0.29, 0.717) is 11.3 Å². The van der Waals surface area contributed by atoms with Crippen LogP contribution in [-0.4, -0.2) is 20.3 Å². The molecule has 5 heteroatoms. The van der Waals surface area contributed by atoms with Crippen molar-refractivity contribution in [1.29, 1.82) is 0 Å². The predicted octanol–water partition coefficient (Wildman–Crippen LogP) is 1.81. The van der Waals surface area contributed by atoms with Crippen LogP contribution in [0.5, 0.6) is 0 Å². The van der Waals surface area contributed by atoms with Crippen molar-refractivity contribution in [3.8, 4) is 0 Å². The molecule has 1 radical (unpaired) electrons. The Kier molecular flexibility index (Phi) is 3.60. The zero-order valence-corrected chi connectivity index (χ0v) is 10.5. The zero-order chi connectivity index (χ0) is 12.4. The molecule has 0 bridgehead atoms. The van der Waals surface area contributed by atoms with Crippen molar-refractivity contribution in [3.05, 3.63) is 29.8 Å². The maximum atomic E-state index is 11.6. The van der Waals surface area contributed by atoms with E-state index >= 15 is 0 Å². The van der Waals surface area contributed by atoms with Gasteiger partial charge in [0, 0.05) is 6.42 Å². The van der Waals surface area contributed by atoms with E-state index in [2.05, 4.69) is 4.72 Å². The molecule has 0 aliphatic heterocycles. The van der Waals surface area contributed by atoms with Crippen LogP contribution in [0.4, 0.5) is 5.69 Å². The van der Waals surface area contributed by atoms with Crippen molar-refractivity contribution in [2.45, 2.75) is 25.9 Å². The Morgan fingerprint density at radius 1 is 1.25 bits per heavy atom. The summed E-state index contributed by atoms with van der Waals surface area (Å²) in [5, 5.41) is 11.6. The summed E-state index contributed by atoms with van der Waals surface area (Å²) in [7, 11) is -3.31. The molecule has 0 aromatic heterocycles. The molecule has 0 atom stereocenters. The molecule has 0 unspecified atom stereocenters. The molecule has 0 aliphatic rings. The quantitative estimate of drug-likeness (QED) is 0.875. The molecular formula is C11H16NO3S. The van der Waals surface area contributed by atoms with Gasteiger partial charge in [0.2, 0.25) is 10.0 Å². The fourth-order valence-electron chi connectivity index (χ4n) is 1.43. The predicted molar refractivity (Wildman–Crippen MR) is 63.4 cm³/mol. The number of hydrogen-bond acceptors (Lipinski definition) is 2. The smallest absolute Gasteiger partial charge is 0.229 e. The molecule has 0 heterocycles. The van der Waals surface area contributed by atoms with Crippen molar-refractivity contribution in [2.24, 2.45) is 0 Å². The molecule has 0 fully saturated rings. The van der Waals surface area contributed by atoms with E-state index in [1.807, 2.05) is 0 Å². The standard InChI is InChI=1S/C11H16NO3S/c1-11(2,13)8-9-6-4-5-7-10(9)12-16(3,14)15/h4-7,12H,8H2,1-3H3. The largest absolute Gasteiger partial charge is 0.284 e. The molecular weight excluding hydrogens is 226 g/mol. The topological polar surface area (TPSA) is 66.1 Å². The Labute approximate surface area is 96.4 Å². The van der Waals surface area contributed by atoms with Crippen LogP contribution in [0.2, 0.25) is 0 Å². The fourth-order valence-corrected chi connectivity index (χ4v) is 2.03. The minimum absolute atomic E-state index is 0.283. The van der Waals surface area contributed by atoms with Gasteiger partial charge in [-0.15, -0.1) is 0 Å². The van der Waals surface area contributed by atoms with Crippen molar-refractivity contribution < 1.29 is 13.5 Å². The van der Waals surface area contributed by atoms with Crippen molar-refractivity contribution >= 4 is 15.7 Å². The van der Waals surface area contributed by atoms with E-state index in [1.165, 1.54) is 0 Å². The summed E-state index contributed by atoms with van der Waals surface area (Å²) in [5.41, 5.74) is 0.0804. The molecule has 0 amide bonds. The van der Waals surface area contributed by atoms with E-state index in [4.69, 9.17) is 0 Å². The van der Waals surface area contributed by atoms with Crippen LogP contribution in [0, 0.1) is 0 Å². The van der Waals surface area contributed by atoms with Gasteiger partial charge in [-0.25, -0.2) is 13.5 Å². The molecule has 0 aliphatic carbocycles. The van der Waals surface area contributed by atoms with Crippen LogP contribution < -0.4 is 4.72 Å². The SMILES string of the molecule is CC(C)([O])Cc1ccccc1NS(C)(=O)=O. The van der Waals surface area contributed by atoms with Crippen LogP contribution >= 0.6 is 0 Å². The minimum atomic E-state index is -3.31. The number of hydrogen-bond donors (Lipinski definition) is 1. The van der Waals surface area contributed by atoms with Crippen LogP contribution in [0.25, 0.3) is 0 Å². The zero-order valence-electron chi connectivity index (χ0n) is 9.65. The van der Waals surface area contributed by atoms with E-state index in [-0.39, 0.29) is 6.42 Å². The summed E-state index contributed by atoms with van der Waals surface area (Å²) < 4.78 is 24.7. The second-order valence-corrected chi connectivity index (χ2v) is 6.22. The van der Waals surface area contributed by atoms with E-state index < -0.39 is 15.6 Å². The average Bonchev–Trinajstić information content (AvgIpc) is 2.03. The maximum Gasteiger partial charge on any atom is 0.229 e. The number of rotatable bonds is 4. The highest BCUT2D eigenvalue weighted by atomic mass is 32.2. The van der Waals surface area contributed by atoms with Crippen LogP contribution in [0.3, 0.4) is 0 Å². The van der Waals surface area contributed by atoms with Gasteiger partial charge in [0.1, 0.15) is 5.60 Å². The van der Waals surface area contributed by atoms with Gasteiger partial charge in [0.25, 0.3) is 0 Å². The molecule has 1 N–H and O–H groups in total. The normalized spacial score (nSPS) is 12.5. The molecule has 1 aromatic carbocycles. The van der Waals surface area contributed by atoms with Crippen molar-refractivity contribution in [1.82, 2.24) is 0 Å². The highest BCUT2D eigenvalue weighted by Gasteiger charge is 2.18. The monoisotopic (exact) mass is 242 g/mol. The molecule has 4 nitrogen and oxygen atoms in total. The van der Waals surface area contributed by atoms with Gasteiger partial charge in [0.15, 0.2) is 0 Å². The lowest BCUT2D eigenvalue weighted by molar-refractivity contribution is 0.00490. The van der Waals surface area contributed by atoms with Crippen molar-refractivity contribution in [3.63, 3.8) is 0 Å². The molecule has 1 aromatic rings. The highest BCUT2D eigenvalue weighted by Crippen LogP contribution is 2.21. The third kappa shape index (κ3) is 4.63. The number of nitrogens with one attached hydrogen (secondary N) is 1. The highest BCUT2D eigenvalue weighted by molar-refractivity contribution is 7.92. The van der Waals surface area contributed by atoms with Gasteiger partial charge in [-0.05, 0) is 25.5 Å². The lowest BCUT2D eigenvalue weighted by Crippen LogP contribution is -2.21. The van der Waals surface area contributed by atoms with Crippen LogP contribution in [0.15, 0.2) is 24.3 Å². The second-order valence-electron chi connectivity index (χ2n) is 4.47. The third-order valence-electron chi connectivity index (χ3n) is 1.93. The Balaban J connectivity index is 3.01. The summed E-state index contributed by atoms with van der Waals surface area (Å²) >= 11 is 0. The number of benzene rings is 1.